The second kappa shape index (κ2) is 9.07. The fourth-order valence-corrected chi connectivity index (χ4v) is 0.367. The van der Waals surface area contributed by atoms with Gasteiger partial charge < -0.3 is 15.2 Å². The predicted octanol–water partition coefficient (Wildman–Crippen LogP) is -4.26. The molecule has 0 fully saturated rings. The van der Waals surface area contributed by atoms with Crippen molar-refractivity contribution in [2.45, 2.75) is 13.3 Å². The fourth-order valence-electron chi connectivity index (χ4n) is 0.367. The number of nitrogens with one attached hydrogen (secondary N) is 1. The van der Waals surface area contributed by atoms with E-state index >= 15 is 0 Å². The van der Waals surface area contributed by atoms with Crippen molar-refractivity contribution in [1.29, 1.82) is 0 Å². The molecule has 1 N–H and O–H groups in total. The first-order chi connectivity index (χ1) is 3.77. The molecule has 0 aliphatic rings. The Labute approximate surface area is 97.6 Å². The molecule has 0 atom stereocenters. The van der Waals surface area contributed by atoms with Gasteiger partial charge in [-0.1, -0.05) is 6.92 Å². The molecule has 4 heteroatoms. The van der Waals surface area contributed by atoms with Crippen LogP contribution in [0.3, 0.4) is 0 Å². The summed E-state index contributed by atoms with van der Waals surface area (Å²) in [7, 11) is 0. The first-order valence-electron chi connectivity index (χ1n) is 2.68. The molecule has 0 spiro atoms. The number of aliphatic carboxylic acids is 1. The van der Waals surface area contributed by atoms with Crippen LogP contribution in [0.1, 0.15) is 13.3 Å². The van der Waals surface area contributed by atoms with Crippen LogP contribution in [0.4, 0.5) is 0 Å². The van der Waals surface area contributed by atoms with Crippen molar-refractivity contribution in [2.75, 3.05) is 13.1 Å². The van der Waals surface area contributed by atoms with Crippen LogP contribution >= 0.6 is 0 Å². The molecule has 0 aromatic carbocycles. The number of hydrogen-bond donors (Lipinski definition) is 1. The van der Waals surface area contributed by atoms with Gasteiger partial charge in [0, 0.05) is 12.5 Å². The molecule has 0 radical (unpaired) electrons. The van der Waals surface area contributed by atoms with E-state index in [1.54, 1.807) is 0 Å². The second-order valence-electron chi connectivity index (χ2n) is 1.48. The molecule has 0 saturated heterocycles. The summed E-state index contributed by atoms with van der Waals surface area (Å²) in [5, 5.41) is 12.6. The van der Waals surface area contributed by atoms with Gasteiger partial charge in [0.05, 0.1) is 0 Å². The molecule has 0 aromatic heterocycles. The molecule has 0 unspecified atom stereocenters. The fraction of sp³-hybridized carbons (Fsp3) is 0.800. The molecule has 0 bridgehead atoms. The second-order valence-corrected chi connectivity index (χ2v) is 1.48. The van der Waals surface area contributed by atoms with E-state index in [2.05, 4.69) is 5.32 Å². The minimum Gasteiger partial charge on any atom is -0.550 e. The van der Waals surface area contributed by atoms with Crippen LogP contribution in [0.25, 0.3) is 0 Å². The number of carbonyl (C=O) groups excluding carboxylic acids is 1. The third-order valence-corrected chi connectivity index (χ3v) is 0.756. The normalized spacial score (nSPS) is 8.11. The first kappa shape index (κ1) is 12.7. The van der Waals surface area contributed by atoms with Crippen LogP contribution in [0.5, 0.6) is 0 Å². The zero-order valence-electron chi connectivity index (χ0n) is 5.94. The van der Waals surface area contributed by atoms with E-state index in [4.69, 9.17) is 0 Å². The Morgan fingerprint density at radius 1 is 1.67 bits per heavy atom. The zero-order valence-corrected chi connectivity index (χ0v) is 9.06. The van der Waals surface area contributed by atoms with E-state index in [-0.39, 0.29) is 57.8 Å². The Hall–Kier alpha value is 1.07. The summed E-state index contributed by atoms with van der Waals surface area (Å²) in [6.45, 7) is 3.25. The summed E-state index contributed by atoms with van der Waals surface area (Å²) >= 11 is 0. The summed E-state index contributed by atoms with van der Waals surface area (Å²) in [6.07, 6.45) is 0.105. The van der Waals surface area contributed by atoms with Gasteiger partial charge in [0.2, 0.25) is 0 Å². The summed E-state index contributed by atoms with van der Waals surface area (Å²) < 4.78 is 0. The Balaban J connectivity index is 0. The van der Waals surface area contributed by atoms with E-state index in [1.165, 1.54) is 0 Å². The Kier molecular flexibility index (Phi) is 12.8. The van der Waals surface area contributed by atoms with Crippen LogP contribution in [-0.2, 0) is 4.79 Å². The first-order valence-corrected chi connectivity index (χ1v) is 2.68. The summed E-state index contributed by atoms with van der Waals surface area (Å²) in [5.41, 5.74) is 0. The van der Waals surface area contributed by atoms with Gasteiger partial charge in [-0.05, 0) is 13.0 Å². The van der Waals surface area contributed by atoms with Gasteiger partial charge >= 0.3 is 51.4 Å². The number of rotatable bonds is 4. The van der Waals surface area contributed by atoms with Crippen LogP contribution < -0.4 is 61.8 Å². The number of carboxylic acids is 1. The van der Waals surface area contributed by atoms with Crippen LogP contribution in [-0.4, -0.2) is 19.1 Å². The Bertz CT molecular complexity index is 77.4. The van der Waals surface area contributed by atoms with Crippen molar-refractivity contribution in [2.24, 2.45) is 0 Å². The molecule has 0 heterocycles. The topological polar surface area (TPSA) is 52.2 Å². The van der Waals surface area contributed by atoms with E-state index in [0.717, 1.165) is 6.54 Å². The quantitative estimate of drug-likeness (QED) is 0.330. The van der Waals surface area contributed by atoms with Crippen molar-refractivity contribution in [3.05, 3.63) is 0 Å². The van der Waals surface area contributed by atoms with Gasteiger partial charge in [-0.15, -0.1) is 0 Å². The van der Waals surface area contributed by atoms with E-state index in [0.29, 0.717) is 6.54 Å². The summed E-state index contributed by atoms with van der Waals surface area (Å²) in [5.74, 6) is -0.994. The number of carboxylic acid groups (broad SMARTS) is 1. The third kappa shape index (κ3) is 12.3. The third-order valence-electron chi connectivity index (χ3n) is 0.756. The molecule has 3 nitrogen and oxygen atoms in total. The molecule has 0 rings (SSSR count). The van der Waals surface area contributed by atoms with E-state index in [9.17, 15) is 9.90 Å². The van der Waals surface area contributed by atoms with Gasteiger partial charge in [-0.2, -0.15) is 0 Å². The summed E-state index contributed by atoms with van der Waals surface area (Å²) in [4.78, 5) is 9.72. The summed E-state index contributed by atoms with van der Waals surface area (Å²) in [6, 6.07) is 0. The SMILES string of the molecule is CCNCCC(=O)[O-].[K+]. The molecule has 0 saturated carbocycles. The molecule has 0 aliphatic carbocycles. The van der Waals surface area contributed by atoms with Gasteiger partial charge in [-0.3, -0.25) is 0 Å². The maximum absolute atomic E-state index is 9.72. The molecular formula is C5H10KNO2. The van der Waals surface area contributed by atoms with Gasteiger partial charge in [0.1, 0.15) is 0 Å². The van der Waals surface area contributed by atoms with Gasteiger partial charge in [0.25, 0.3) is 0 Å². The number of hydrogen-bond acceptors (Lipinski definition) is 3. The van der Waals surface area contributed by atoms with Crippen molar-refractivity contribution in [3.63, 3.8) is 0 Å². The van der Waals surface area contributed by atoms with Crippen molar-refractivity contribution in [3.8, 4) is 0 Å². The van der Waals surface area contributed by atoms with Crippen molar-refractivity contribution in [1.82, 2.24) is 5.32 Å². The predicted molar refractivity (Wildman–Crippen MR) is 28.2 cm³/mol. The maximum Gasteiger partial charge on any atom is 1.00 e. The zero-order chi connectivity index (χ0) is 6.41. The Morgan fingerprint density at radius 2 is 2.22 bits per heavy atom. The largest absolute Gasteiger partial charge is 1.00 e. The minimum absolute atomic E-state index is 0. The molecule has 48 valence electrons. The smallest absolute Gasteiger partial charge is 0.550 e. The van der Waals surface area contributed by atoms with Crippen molar-refractivity contribution < 1.29 is 61.3 Å². The Morgan fingerprint density at radius 3 is 2.56 bits per heavy atom. The van der Waals surface area contributed by atoms with Crippen LogP contribution in [0.15, 0.2) is 0 Å². The average Bonchev–Trinajstić information content (AvgIpc) is 1.66. The molecule has 0 aliphatic heterocycles. The maximum atomic E-state index is 9.72. The van der Waals surface area contributed by atoms with E-state index < -0.39 is 5.97 Å². The monoisotopic (exact) mass is 155 g/mol. The molecule has 0 aromatic rings. The van der Waals surface area contributed by atoms with Crippen LogP contribution in [0, 0.1) is 0 Å². The molecular weight excluding hydrogens is 145 g/mol. The van der Waals surface area contributed by atoms with Gasteiger partial charge in [0.15, 0.2) is 0 Å². The number of carbonyl (C=O) groups is 1. The standard InChI is InChI=1S/C5H11NO2.K/c1-2-6-4-3-5(7)8;/h6H,2-4H2,1H3,(H,7,8);/q;+1/p-1. The average molecular weight is 155 g/mol. The minimum atomic E-state index is -0.994. The van der Waals surface area contributed by atoms with Gasteiger partial charge in [-0.25, -0.2) is 0 Å². The molecule has 0 amide bonds. The van der Waals surface area contributed by atoms with Crippen LogP contribution in [0.2, 0.25) is 0 Å². The van der Waals surface area contributed by atoms with Crippen molar-refractivity contribution >= 4 is 5.97 Å². The molecule has 9 heavy (non-hydrogen) atoms. The van der Waals surface area contributed by atoms with E-state index in [1.807, 2.05) is 6.92 Å².